The first-order chi connectivity index (χ1) is 23.9. The van der Waals surface area contributed by atoms with Crippen LogP contribution in [0.3, 0.4) is 0 Å². The number of aromatic amines is 2. The second kappa shape index (κ2) is 21.7. The molecule has 0 saturated carbocycles. The van der Waals surface area contributed by atoms with Crippen LogP contribution in [0.25, 0.3) is 33.1 Å². The molecule has 11 nitrogen and oxygen atoms in total. The first-order valence-corrected chi connectivity index (χ1v) is 14.7. The molecule has 2 N–H and O–H groups in total. The molecule has 0 aliphatic carbocycles. The molecule has 0 bridgehead atoms. The summed E-state index contributed by atoms with van der Waals surface area (Å²) in [5.74, 6) is 0. The lowest BCUT2D eigenvalue weighted by atomic mass is 10.1. The molecule has 11 heteroatoms. The topological polar surface area (TPSA) is 148 Å². The molecular weight excluding hydrogens is 598 g/mol. The number of pyridine rings is 3. The van der Waals surface area contributed by atoms with Crippen molar-refractivity contribution in [3.63, 3.8) is 0 Å². The molecule has 0 fully saturated rings. The molecule has 0 spiro atoms. The van der Waals surface area contributed by atoms with Gasteiger partial charge >= 0.3 is 0 Å². The molecule has 9 aromatic rings. The molecule has 0 unspecified atom stereocenters. The second-order valence-corrected chi connectivity index (χ2v) is 9.17. The van der Waals surface area contributed by atoms with E-state index in [0.717, 1.165) is 21.9 Å². The van der Waals surface area contributed by atoms with Crippen LogP contribution >= 0.6 is 0 Å². The molecule has 0 amide bonds. The summed E-state index contributed by atoms with van der Waals surface area (Å²) in [5.41, 5.74) is 5.56. The summed E-state index contributed by atoms with van der Waals surface area (Å²) >= 11 is 0. The molecule has 7 aromatic heterocycles. The molecule has 9 rings (SSSR count). The van der Waals surface area contributed by atoms with Gasteiger partial charge in [-0.3, -0.25) is 30.0 Å². The maximum atomic E-state index is 4.06. The number of H-pyrrole nitrogens is 2. The number of fused-ring (bicyclic) bond motifs is 2. The summed E-state index contributed by atoms with van der Waals surface area (Å²) in [6, 6.07) is 31.4. The average molecular weight is 632 g/mol. The van der Waals surface area contributed by atoms with Crippen LogP contribution in [-0.4, -0.2) is 55.1 Å². The van der Waals surface area contributed by atoms with Crippen LogP contribution in [-0.2, 0) is 0 Å². The van der Waals surface area contributed by atoms with Crippen molar-refractivity contribution in [2.45, 2.75) is 0 Å². The summed E-state index contributed by atoms with van der Waals surface area (Å²) in [6.45, 7) is 0. The van der Waals surface area contributed by atoms with Gasteiger partial charge in [0, 0.05) is 79.7 Å². The largest absolute Gasteiger partial charge is 0.345 e. The number of imidazole rings is 1. The minimum atomic E-state index is 1.03. The summed E-state index contributed by atoms with van der Waals surface area (Å²) in [7, 11) is 0. The lowest BCUT2D eigenvalue weighted by Crippen LogP contribution is -1.77. The first kappa shape index (κ1) is 33.9. The SMILES string of the molecule is c1cc(-c2ccncc2)ccn1.c1ccc2[nH]cnc2c1.c1ccc2[nH]ncc2c1.c1ccncc1.c1cnccn1.c1cncnc1. The highest BCUT2D eigenvalue weighted by Gasteiger charge is 1.93. The summed E-state index contributed by atoms with van der Waals surface area (Å²) in [6.07, 6.45) is 25.6. The van der Waals surface area contributed by atoms with E-state index >= 15 is 0 Å². The van der Waals surface area contributed by atoms with Crippen molar-refractivity contribution in [3.8, 4) is 11.1 Å². The Kier molecular flexibility index (Phi) is 15.3. The number of nitrogens with one attached hydrogen (secondary N) is 2. The highest BCUT2D eigenvalue weighted by Crippen LogP contribution is 2.15. The van der Waals surface area contributed by atoms with Crippen LogP contribution in [0.15, 0.2) is 190 Å². The van der Waals surface area contributed by atoms with Gasteiger partial charge in [0.25, 0.3) is 0 Å². The van der Waals surface area contributed by atoms with Crippen molar-refractivity contribution in [3.05, 3.63) is 190 Å². The van der Waals surface area contributed by atoms with Crippen molar-refractivity contribution in [1.29, 1.82) is 0 Å². The minimum absolute atomic E-state index is 1.03. The van der Waals surface area contributed by atoms with Crippen LogP contribution in [0.2, 0.25) is 0 Å². The van der Waals surface area contributed by atoms with Gasteiger partial charge < -0.3 is 4.98 Å². The Labute approximate surface area is 278 Å². The molecule has 0 atom stereocenters. The fourth-order valence-electron chi connectivity index (χ4n) is 3.67. The molecule has 236 valence electrons. The maximum absolute atomic E-state index is 4.06. The van der Waals surface area contributed by atoms with Gasteiger partial charge in [0.05, 0.1) is 29.1 Å². The van der Waals surface area contributed by atoms with Crippen molar-refractivity contribution in [2.24, 2.45) is 0 Å². The Morgan fingerprint density at radius 3 is 1.38 bits per heavy atom. The van der Waals surface area contributed by atoms with Crippen LogP contribution in [0.5, 0.6) is 0 Å². The fraction of sp³-hybridized carbons (Fsp3) is 0. The van der Waals surface area contributed by atoms with Crippen molar-refractivity contribution < 1.29 is 0 Å². The number of rotatable bonds is 1. The second-order valence-electron chi connectivity index (χ2n) is 9.17. The van der Waals surface area contributed by atoms with E-state index in [9.17, 15) is 0 Å². The maximum Gasteiger partial charge on any atom is 0.115 e. The highest BCUT2D eigenvalue weighted by molar-refractivity contribution is 5.77. The van der Waals surface area contributed by atoms with E-state index in [0.29, 0.717) is 0 Å². The molecule has 48 heavy (non-hydrogen) atoms. The zero-order valence-corrected chi connectivity index (χ0v) is 25.9. The van der Waals surface area contributed by atoms with E-state index < -0.39 is 0 Å². The minimum Gasteiger partial charge on any atom is -0.345 e. The number of hydrogen-bond donors (Lipinski definition) is 2. The number of hydrogen-bond acceptors (Lipinski definition) is 9. The molecule has 0 aliphatic rings. The van der Waals surface area contributed by atoms with E-state index in [4.69, 9.17) is 0 Å². The standard InChI is InChI=1S/C10H8N2.2C7H6N2.C5H5N.2C4H4N2/c1-5-11-6-2-9(1)10-3-7-12-8-4-10;1-2-4-7-6(3-1)8-5-9-7;1-2-4-7-6(3-1)5-8-9-7;1-2-4-6-5-3-1;1-2-6-4-3-5-1;1-2-5-4-6-3-1/h1-8H;2*1-5H,(H,8,9);1-5H;2*1-4H. The molecule has 0 radical (unpaired) electrons. The average Bonchev–Trinajstić information content (AvgIpc) is 3.89. The van der Waals surface area contributed by atoms with Gasteiger partial charge in [0.2, 0.25) is 0 Å². The summed E-state index contributed by atoms with van der Waals surface area (Å²) < 4.78 is 0. The molecule has 0 saturated heterocycles. The summed E-state index contributed by atoms with van der Waals surface area (Å²) in [5, 5.41) is 7.91. The number of para-hydroxylation sites is 3. The highest BCUT2D eigenvalue weighted by atomic mass is 15.1. The van der Waals surface area contributed by atoms with Crippen LogP contribution in [0, 0.1) is 0 Å². The smallest absolute Gasteiger partial charge is 0.115 e. The van der Waals surface area contributed by atoms with Gasteiger partial charge in [-0.1, -0.05) is 36.4 Å². The Bertz CT molecular complexity index is 1710. The number of aromatic nitrogens is 11. The van der Waals surface area contributed by atoms with Gasteiger partial charge in [-0.15, -0.1) is 0 Å². The zero-order valence-electron chi connectivity index (χ0n) is 25.9. The normalized spacial score (nSPS) is 9.25. The first-order valence-electron chi connectivity index (χ1n) is 14.7. The zero-order chi connectivity index (χ0) is 33.2. The van der Waals surface area contributed by atoms with Gasteiger partial charge in [0.15, 0.2) is 0 Å². The predicted octanol–water partition coefficient (Wildman–Crippen LogP) is 7.30. The third-order valence-corrected chi connectivity index (χ3v) is 5.89. The van der Waals surface area contributed by atoms with Crippen molar-refractivity contribution in [1.82, 2.24) is 55.1 Å². The molecule has 7 heterocycles. The van der Waals surface area contributed by atoms with Crippen LogP contribution in [0.4, 0.5) is 0 Å². The Morgan fingerprint density at radius 2 is 0.917 bits per heavy atom. The summed E-state index contributed by atoms with van der Waals surface area (Å²) in [4.78, 5) is 33.6. The Balaban J connectivity index is 0.000000133. The Morgan fingerprint density at radius 1 is 0.396 bits per heavy atom. The molecule has 0 aliphatic heterocycles. The van der Waals surface area contributed by atoms with Gasteiger partial charge in [0.1, 0.15) is 6.33 Å². The molecular formula is C37H33N11. The third kappa shape index (κ3) is 13.3. The van der Waals surface area contributed by atoms with Crippen LogP contribution < -0.4 is 0 Å². The van der Waals surface area contributed by atoms with Crippen molar-refractivity contribution in [2.75, 3.05) is 0 Å². The van der Waals surface area contributed by atoms with Gasteiger partial charge in [-0.25, -0.2) is 15.0 Å². The lowest BCUT2D eigenvalue weighted by Gasteiger charge is -1.97. The fourth-order valence-corrected chi connectivity index (χ4v) is 3.67. The Hall–Kier alpha value is -7.01. The van der Waals surface area contributed by atoms with E-state index in [-0.39, 0.29) is 0 Å². The quantitative estimate of drug-likeness (QED) is 0.190. The van der Waals surface area contributed by atoms with Gasteiger partial charge in [-0.2, -0.15) is 5.10 Å². The molecule has 2 aromatic carbocycles. The number of benzene rings is 2. The van der Waals surface area contributed by atoms with Crippen LogP contribution in [0.1, 0.15) is 0 Å². The van der Waals surface area contributed by atoms with E-state index in [2.05, 4.69) is 55.1 Å². The van der Waals surface area contributed by atoms with Gasteiger partial charge in [-0.05, 0) is 71.8 Å². The van der Waals surface area contributed by atoms with E-state index in [1.165, 1.54) is 17.5 Å². The van der Waals surface area contributed by atoms with E-state index in [1.807, 2.05) is 97.2 Å². The lowest BCUT2D eigenvalue weighted by molar-refractivity contribution is 1.12. The van der Waals surface area contributed by atoms with Crippen molar-refractivity contribution >= 4 is 21.9 Å². The monoisotopic (exact) mass is 631 g/mol. The van der Waals surface area contributed by atoms with E-state index in [1.54, 1.807) is 86.8 Å². The number of nitrogens with zero attached hydrogens (tertiary/aromatic N) is 9. The third-order valence-electron chi connectivity index (χ3n) is 5.89. The predicted molar refractivity (Wildman–Crippen MR) is 188 cm³/mol.